The first-order valence-corrected chi connectivity index (χ1v) is 8.05. The van der Waals surface area contributed by atoms with Crippen molar-refractivity contribution in [3.63, 3.8) is 0 Å². The summed E-state index contributed by atoms with van der Waals surface area (Å²) in [5, 5.41) is 14.2. The molecule has 0 saturated carbocycles. The summed E-state index contributed by atoms with van der Waals surface area (Å²) in [6.45, 7) is 3.69. The second kappa shape index (κ2) is 7.17. The SMILES string of the molecule is CON=C(C)CC1CC(O)=C(c2c(C)cc(Br)cc2OC)C1=O. The van der Waals surface area contributed by atoms with Gasteiger partial charge in [0.25, 0.3) is 0 Å². The van der Waals surface area contributed by atoms with E-state index in [2.05, 4.69) is 21.1 Å². The van der Waals surface area contributed by atoms with Crippen LogP contribution in [0.2, 0.25) is 0 Å². The Bertz CT molecular complexity index is 694. The minimum atomic E-state index is -0.323. The van der Waals surface area contributed by atoms with Crippen LogP contribution in [0.3, 0.4) is 0 Å². The Morgan fingerprint density at radius 1 is 1.43 bits per heavy atom. The zero-order valence-electron chi connectivity index (χ0n) is 13.6. The summed E-state index contributed by atoms with van der Waals surface area (Å²) in [4.78, 5) is 17.5. The van der Waals surface area contributed by atoms with Gasteiger partial charge in [-0.2, -0.15) is 0 Å². The number of benzene rings is 1. The number of rotatable bonds is 5. The van der Waals surface area contributed by atoms with Gasteiger partial charge in [0.05, 0.1) is 18.4 Å². The molecule has 0 heterocycles. The Labute approximate surface area is 144 Å². The van der Waals surface area contributed by atoms with Crippen molar-refractivity contribution in [3.8, 4) is 5.75 Å². The van der Waals surface area contributed by atoms with Crippen LogP contribution in [-0.4, -0.2) is 30.8 Å². The third-order valence-electron chi connectivity index (χ3n) is 3.87. The van der Waals surface area contributed by atoms with Gasteiger partial charge < -0.3 is 14.7 Å². The quantitative estimate of drug-likeness (QED) is 0.617. The number of aliphatic hydroxyl groups excluding tert-OH is 1. The molecule has 0 radical (unpaired) electrons. The molecule has 0 aliphatic heterocycles. The summed E-state index contributed by atoms with van der Waals surface area (Å²) in [5.74, 6) is 0.261. The van der Waals surface area contributed by atoms with Gasteiger partial charge in [-0.1, -0.05) is 21.1 Å². The highest BCUT2D eigenvalue weighted by atomic mass is 79.9. The van der Waals surface area contributed by atoms with E-state index in [1.165, 1.54) is 7.11 Å². The molecule has 2 rings (SSSR count). The number of allylic oxidation sites excluding steroid dienone is 2. The topological polar surface area (TPSA) is 68.1 Å². The number of hydrogen-bond acceptors (Lipinski definition) is 5. The van der Waals surface area contributed by atoms with Crippen LogP contribution in [0.5, 0.6) is 5.75 Å². The zero-order valence-corrected chi connectivity index (χ0v) is 15.2. The van der Waals surface area contributed by atoms with Crippen LogP contribution in [0.4, 0.5) is 0 Å². The standard InChI is InChI=1S/C17H20BrNO4/c1-9-5-12(18)8-14(22-3)15(9)16-13(20)7-11(17(16)21)6-10(2)19-23-4/h5,8,11,20H,6-7H2,1-4H3. The molecule has 0 bridgehead atoms. The van der Waals surface area contributed by atoms with Crippen molar-refractivity contribution in [2.24, 2.45) is 11.1 Å². The number of ketones is 1. The molecule has 1 atom stereocenters. The zero-order chi connectivity index (χ0) is 17.1. The first-order chi connectivity index (χ1) is 10.9. The van der Waals surface area contributed by atoms with Gasteiger partial charge in [-0.05, 0) is 38.0 Å². The van der Waals surface area contributed by atoms with E-state index >= 15 is 0 Å². The number of methoxy groups -OCH3 is 1. The van der Waals surface area contributed by atoms with Crippen LogP contribution >= 0.6 is 15.9 Å². The molecule has 6 heteroatoms. The molecule has 0 spiro atoms. The molecule has 1 aromatic rings. The highest BCUT2D eigenvalue weighted by molar-refractivity contribution is 9.10. The molecule has 1 unspecified atom stereocenters. The first-order valence-electron chi connectivity index (χ1n) is 7.26. The summed E-state index contributed by atoms with van der Waals surface area (Å²) < 4.78 is 6.26. The maximum atomic E-state index is 12.8. The van der Waals surface area contributed by atoms with Crippen LogP contribution in [0.1, 0.15) is 30.9 Å². The molecule has 1 N–H and O–H groups in total. The fourth-order valence-corrected chi connectivity index (χ4v) is 3.50. The van der Waals surface area contributed by atoms with E-state index in [0.29, 0.717) is 29.7 Å². The van der Waals surface area contributed by atoms with Gasteiger partial charge in [-0.15, -0.1) is 0 Å². The van der Waals surface area contributed by atoms with Gasteiger partial charge in [0, 0.05) is 22.4 Å². The van der Waals surface area contributed by atoms with Crippen molar-refractivity contribution in [2.45, 2.75) is 26.7 Å². The number of aliphatic hydroxyl groups is 1. The molecular weight excluding hydrogens is 362 g/mol. The van der Waals surface area contributed by atoms with Crippen molar-refractivity contribution in [1.29, 1.82) is 0 Å². The lowest BCUT2D eigenvalue weighted by Gasteiger charge is -2.14. The smallest absolute Gasteiger partial charge is 0.170 e. The fourth-order valence-electron chi connectivity index (χ4n) is 2.95. The predicted octanol–water partition coefficient (Wildman–Crippen LogP) is 4.04. The molecule has 23 heavy (non-hydrogen) atoms. The van der Waals surface area contributed by atoms with Gasteiger partial charge in [0.15, 0.2) is 5.78 Å². The van der Waals surface area contributed by atoms with Gasteiger partial charge in [0.2, 0.25) is 0 Å². The van der Waals surface area contributed by atoms with Crippen LogP contribution < -0.4 is 4.74 Å². The van der Waals surface area contributed by atoms with Crippen molar-refractivity contribution >= 4 is 33.0 Å². The van der Waals surface area contributed by atoms with E-state index in [0.717, 1.165) is 15.7 Å². The number of Topliss-reactive ketones (excluding diaryl/α,β-unsaturated/α-hetero) is 1. The maximum Gasteiger partial charge on any atom is 0.170 e. The molecule has 0 saturated heterocycles. The minimum absolute atomic E-state index is 0.0862. The lowest BCUT2D eigenvalue weighted by molar-refractivity contribution is -0.116. The number of halogens is 1. The molecular formula is C17H20BrNO4. The summed E-state index contributed by atoms with van der Waals surface area (Å²) >= 11 is 3.42. The third-order valence-corrected chi connectivity index (χ3v) is 4.33. The first kappa shape index (κ1) is 17.5. The molecule has 1 aromatic carbocycles. The van der Waals surface area contributed by atoms with Gasteiger partial charge in [0.1, 0.15) is 18.6 Å². The van der Waals surface area contributed by atoms with Crippen LogP contribution in [-0.2, 0) is 9.63 Å². The van der Waals surface area contributed by atoms with Crippen molar-refractivity contribution in [3.05, 3.63) is 33.5 Å². The van der Waals surface area contributed by atoms with Gasteiger partial charge in [-0.3, -0.25) is 4.79 Å². The Morgan fingerprint density at radius 3 is 2.74 bits per heavy atom. The molecule has 5 nitrogen and oxygen atoms in total. The molecule has 1 aliphatic rings. The van der Waals surface area contributed by atoms with E-state index < -0.39 is 0 Å². The van der Waals surface area contributed by atoms with Gasteiger partial charge >= 0.3 is 0 Å². The molecule has 1 aliphatic carbocycles. The maximum absolute atomic E-state index is 12.8. The van der Waals surface area contributed by atoms with E-state index in [-0.39, 0.29) is 17.5 Å². The molecule has 0 aromatic heterocycles. The number of ether oxygens (including phenoxy) is 1. The van der Waals surface area contributed by atoms with Crippen molar-refractivity contribution < 1.29 is 19.5 Å². The number of carbonyl (C=O) groups excluding carboxylic acids is 1. The van der Waals surface area contributed by atoms with E-state index in [4.69, 9.17) is 9.57 Å². The van der Waals surface area contributed by atoms with Crippen molar-refractivity contribution in [2.75, 3.05) is 14.2 Å². The van der Waals surface area contributed by atoms with E-state index in [1.54, 1.807) is 20.1 Å². The van der Waals surface area contributed by atoms with Gasteiger partial charge in [-0.25, -0.2) is 0 Å². The minimum Gasteiger partial charge on any atom is -0.512 e. The molecule has 0 fully saturated rings. The number of hydrogen-bond donors (Lipinski definition) is 1. The lowest BCUT2D eigenvalue weighted by Crippen LogP contribution is -2.14. The third kappa shape index (κ3) is 3.58. The Morgan fingerprint density at radius 2 is 2.13 bits per heavy atom. The Hall–Kier alpha value is -1.82. The number of carbonyl (C=O) groups is 1. The summed E-state index contributed by atoms with van der Waals surface area (Å²) in [7, 11) is 3.02. The number of aryl methyl sites for hydroxylation is 1. The molecule has 0 amide bonds. The normalized spacial score (nSPS) is 18.6. The predicted molar refractivity (Wildman–Crippen MR) is 92.8 cm³/mol. The van der Waals surface area contributed by atoms with E-state index in [1.807, 2.05) is 13.0 Å². The van der Waals surface area contributed by atoms with Crippen LogP contribution in [0, 0.1) is 12.8 Å². The highest BCUT2D eigenvalue weighted by Crippen LogP contribution is 2.41. The molecule has 124 valence electrons. The van der Waals surface area contributed by atoms with E-state index in [9.17, 15) is 9.90 Å². The second-order valence-corrected chi connectivity index (χ2v) is 6.52. The van der Waals surface area contributed by atoms with Crippen molar-refractivity contribution in [1.82, 2.24) is 0 Å². The monoisotopic (exact) mass is 381 g/mol. The second-order valence-electron chi connectivity index (χ2n) is 5.60. The largest absolute Gasteiger partial charge is 0.512 e. The lowest BCUT2D eigenvalue weighted by atomic mass is 9.92. The average Bonchev–Trinajstić information content (AvgIpc) is 2.73. The van der Waals surface area contributed by atoms with Crippen LogP contribution in [0.25, 0.3) is 5.57 Å². The highest BCUT2D eigenvalue weighted by Gasteiger charge is 2.36. The Balaban J connectivity index is 2.40. The average molecular weight is 382 g/mol. The number of oxime groups is 1. The summed E-state index contributed by atoms with van der Waals surface area (Å²) in [6, 6.07) is 3.69. The van der Waals surface area contributed by atoms with Crippen LogP contribution in [0.15, 0.2) is 27.5 Å². The number of nitrogens with zero attached hydrogens (tertiary/aromatic N) is 1. The fraction of sp³-hybridized carbons (Fsp3) is 0.412. The Kier molecular flexibility index (Phi) is 5.46. The summed E-state index contributed by atoms with van der Waals surface area (Å²) in [6.07, 6.45) is 0.765. The summed E-state index contributed by atoms with van der Waals surface area (Å²) in [5.41, 5.74) is 2.59.